The van der Waals surface area contributed by atoms with Crippen molar-refractivity contribution in [2.24, 2.45) is 5.73 Å². The molecule has 1 aromatic rings. The smallest absolute Gasteiger partial charge is 0.131 e. The number of benzene rings is 1. The van der Waals surface area contributed by atoms with E-state index < -0.39 is 5.82 Å². The maximum atomic E-state index is 13.0. The molecule has 0 aliphatic carbocycles. The van der Waals surface area contributed by atoms with Crippen molar-refractivity contribution < 1.29 is 9.50 Å². The molecule has 0 aliphatic heterocycles. The van der Waals surface area contributed by atoms with Gasteiger partial charge in [0.1, 0.15) is 11.6 Å². The van der Waals surface area contributed by atoms with Gasteiger partial charge in [-0.1, -0.05) is 13.0 Å². The van der Waals surface area contributed by atoms with Crippen LogP contribution in [0.25, 0.3) is 0 Å². The van der Waals surface area contributed by atoms with Crippen molar-refractivity contribution in [3.63, 3.8) is 0 Å². The summed E-state index contributed by atoms with van der Waals surface area (Å²) in [7, 11) is 0. The standard InChI is InChI=1S/C9H12FNO/c1-2-9(11)7-4-3-6(12)5-8(7)10/h3-5,9,12H,2,11H2,1H3. The number of halogens is 1. The molecule has 1 rings (SSSR count). The van der Waals surface area contributed by atoms with Crippen molar-refractivity contribution in [2.45, 2.75) is 19.4 Å². The summed E-state index contributed by atoms with van der Waals surface area (Å²) in [6.07, 6.45) is 0.682. The van der Waals surface area contributed by atoms with E-state index in [1.54, 1.807) is 0 Å². The largest absolute Gasteiger partial charge is 0.508 e. The molecule has 1 atom stereocenters. The zero-order valence-electron chi connectivity index (χ0n) is 6.92. The van der Waals surface area contributed by atoms with Crippen LogP contribution in [0.5, 0.6) is 5.75 Å². The van der Waals surface area contributed by atoms with E-state index >= 15 is 0 Å². The molecule has 3 heteroatoms. The lowest BCUT2D eigenvalue weighted by atomic mass is 10.1. The highest BCUT2D eigenvalue weighted by Gasteiger charge is 2.09. The maximum Gasteiger partial charge on any atom is 0.131 e. The maximum absolute atomic E-state index is 13.0. The van der Waals surface area contributed by atoms with Crippen LogP contribution >= 0.6 is 0 Å². The van der Waals surface area contributed by atoms with Gasteiger partial charge in [0.2, 0.25) is 0 Å². The molecule has 1 unspecified atom stereocenters. The van der Waals surface area contributed by atoms with Gasteiger partial charge in [-0.05, 0) is 12.5 Å². The Morgan fingerprint density at radius 3 is 2.75 bits per heavy atom. The first-order valence-corrected chi connectivity index (χ1v) is 3.89. The summed E-state index contributed by atoms with van der Waals surface area (Å²) in [6.45, 7) is 1.89. The quantitative estimate of drug-likeness (QED) is 0.710. The van der Waals surface area contributed by atoms with Crippen LogP contribution < -0.4 is 5.73 Å². The average Bonchev–Trinajstić information content (AvgIpc) is 2.03. The first-order chi connectivity index (χ1) is 5.65. The highest BCUT2D eigenvalue weighted by Crippen LogP contribution is 2.21. The normalized spacial score (nSPS) is 12.9. The first kappa shape index (κ1) is 9.00. The van der Waals surface area contributed by atoms with Gasteiger partial charge in [0, 0.05) is 17.7 Å². The Hall–Kier alpha value is -1.09. The summed E-state index contributed by atoms with van der Waals surface area (Å²) in [6, 6.07) is 3.74. The molecule has 0 bridgehead atoms. The molecule has 66 valence electrons. The third-order valence-electron chi connectivity index (χ3n) is 1.82. The van der Waals surface area contributed by atoms with Crippen LogP contribution in [0.3, 0.4) is 0 Å². The summed E-state index contributed by atoms with van der Waals surface area (Å²) in [5.41, 5.74) is 6.08. The van der Waals surface area contributed by atoms with Gasteiger partial charge in [-0.3, -0.25) is 0 Å². The third-order valence-corrected chi connectivity index (χ3v) is 1.82. The molecule has 0 aliphatic rings. The minimum absolute atomic E-state index is 0.0699. The summed E-state index contributed by atoms with van der Waals surface area (Å²) in [5.74, 6) is -0.510. The fourth-order valence-corrected chi connectivity index (χ4v) is 1.04. The Kier molecular flexibility index (Phi) is 2.65. The lowest BCUT2D eigenvalue weighted by Gasteiger charge is -2.09. The van der Waals surface area contributed by atoms with Gasteiger partial charge in [-0.15, -0.1) is 0 Å². The Morgan fingerprint density at radius 1 is 1.58 bits per heavy atom. The molecule has 0 heterocycles. The number of aromatic hydroxyl groups is 1. The summed E-state index contributed by atoms with van der Waals surface area (Å²) in [4.78, 5) is 0. The Bertz CT molecular complexity index is 275. The Morgan fingerprint density at radius 2 is 2.25 bits per heavy atom. The van der Waals surface area contributed by atoms with Crippen molar-refractivity contribution in [3.8, 4) is 5.75 Å². The molecule has 0 radical (unpaired) electrons. The van der Waals surface area contributed by atoms with Crippen LogP contribution in [-0.4, -0.2) is 5.11 Å². The van der Waals surface area contributed by atoms with E-state index in [9.17, 15) is 4.39 Å². The highest BCUT2D eigenvalue weighted by atomic mass is 19.1. The fraction of sp³-hybridized carbons (Fsp3) is 0.333. The second-order valence-corrected chi connectivity index (χ2v) is 2.72. The van der Waals surface area contributed by atoms with E-state index in [0.29, 0.717) is 12.0 Å². The minimum atomic E-state index is -0.440. The van der Waals surface area contributed by atoms with Crippen LogP contribution in [0, 0.1) is 5.82 Å². The van der Waals surface area contributed by atoms with Crippen molar-refractivity contribution >= 4 is 0 Å². The van der Waals surface area contributed by atoms with E-state index in [2.05, 4.69) is 0 Å². The number of nitrogens with two attached hydrogens (primary N) is 1. The number of phenolic OH excluding ortho intramolecular Hbond substituents is 1. The molecule has 0 aromatic heterocycles. The third kappa shape index (κ3) is 1.74. The SMILES string of the molecule is CCC(N)c1ccc(O)cc1F. The molecule has 0 spiro atoms. The number of hydrogen-bond acceptors (Lipinski definition) is 2. The molecule has 0 saturated carbocycles. The predicted octanol–water partition coefficient (Wildman–Crippen LogP) is 1.94. The van der Waals surface area contributed by atoms with E-state index in [-0.39, 0.29) is 11.8 Å². The van der Waals surface area contributed by atoms with E-state index in [1.807, 2.05) is 6.92 Å². The molecule has 0 saturated heterocycles. The molecule has 0 fully saturated rings. The summed E-state index contributed by atoms with van der Waals surface area (Å²) >= 11 is 0. The molecule has 12 heavy (non-hydrogen) atoms. The van der Waals surface area contributed by atoms with Gasteiger partial charge < -0.3 is 10.8 Å². The molecular formula is C9H12FNO. The van der Waals surface area contributed by atoms with Crippen molar-refractivity contribution in [3.05, 3.63) is 29.6 Å². The molecule has 1 aromatic carbocycles. The number of phenols is 1. The van der Waals surface area contributed by atoms with E-state index in [4.69, 9.17) is 10.8 Å². The van der Waals surface area contributed by atoms with Crippen LogP contribution in [0.15, 0.2) is 18.2 Å². The Labute approximate surface area is 70.8 Å². The minimum Gasteiger partial charge on any atom is -0.508 e. The molecular weight excluding hydrogens is 157 g/mol. The molecule has 2 nitrogen and oxygen atoms in total. The molecule has 0 amide bonds. The van der Waals surface area contributed by atoms with E-state index in [1.165, 1.54) is 12.1 Å². The fourth-order valence-electron chi connectivity index (χ4n) is 1.04. The van der Waals surface area contributed by atoms with Crippen LogP contribution in [0.2, 0.25) is 0 Å². The van der Waals surface area contributed by atoms with Gasteiger partial charge in [-0.25, -0.2) is 4.39 Å². The molecule has 3 N–H and O–H groups in total. The number of hydrogen-bond donors (Lipinski definition) is 2. The summed E-state index contributed by atoms with van der Waals surface area (Å²) < 4.78 is 13.0. The average molecular weight is 169 g/mol. The monoisotopic (exact) mass is 169 g/mol. The second kappa shape index (κ2) is 3.54. The summed E-state index contributed by atoms with van der Waals surface area (Å²) in [5, 5.41) is 8.91. The Balaban J connectivity index is 3.01. The van der Waals surface area contributed by atoms with Crippen LogP contribution in [0.1, 0.15) is 24.9 Å². The zero-order chi connectivity index (χ0) is 9.14. The number of rotatable bonds is 2. The lowest BCUT2D eigenvalue weighted by Crippen LogP contribution is -2.10. The predicted molar refractivity (Wildman–Crippen MR) is 45.3 cm³/mol. The highest BCUT2D eigenvalue weighted by molar-refractivity contribution is 5.29. The first-order valence-electron chi connectivity index (χ1n) is 3.89. The van der Waals surface area contributed by atoms with Crippen molar-refractivity contribution in [1.29, 1.82) is 0 Å². The van der Waals surface area contributed by atoms with Gasteiger partial charge in [0.15, 0.2) is 0 Å². The van der Waals surface area contributed by atoms with Crippen molar-refractivity contribution in [2.75, 3.05) is 0 Å². The van der Waals surface area contributed by atoms with Gasteiger partial charge in [0.05, 0.1) is 0 Å². The van der Waals surface area contributed by atoms with E-state index in [0.717, 1.165) is 6.07 Å². The second-order valence-electron chi connectivity index (χ2n) is 2.72. The van der Waals surface area contributed by atoms with Gasteiger partial charge in [-0.2, -0.15) is 0 Å². The topological polar surface area (TPSA) is 46.2 Å². The van der Waals surface area contributed by atoms with Gasteiger partial charge in [0.25, 0.3) is 0 Å². The lowest BCUT2D eigenvalue weighted by molar-refractivity contribution is 0.466. The van der Waals surface area contributed by atoms with Crippen LogP contribution in [-0.2, 0) is 0 Å². The van der Waals surface area contributed by atoms with Crippen LogP contribution in [0.4, 0.5) is 4.39 Å². The zero-order valence-corrected chi connectivity index (χ0v) is 6.92. The van der Waals surface area contributed by atoms with Gasteiger partial charge >= 0.3 is 0 Å². The van der Waals surface area contributed by atoms with Crippen molar-refractivity contribution in [1.82, 2.24) is 0 Å².